The van der Waals surface area contributed by atoms with Crippen molar-refractivity contribution in [3.63, 3.8) is 0 Å². The zero-order valence-corrected chi connectivity index (χ0v) is 9.03. The summed E-state index contributed by atoms with van der Waals surface area (Å²) in [5, 5.41) is 11.9. The molecule has 1 aromatic rings. The third kappa shape index (κ3) is 3.67. The maximum absolute atomic E-state index is 11.5. The first-order valence-corrected chi connectivity index (χ1v) is 5.02. The Hall–Kier alpha value is -1.42. The van der Waals surface area contributed by atoms with Crippen LogP contribution >= 0.6 is 0 Å². The molecule has 0 aliphatic carbocycles. The van der Waals surface area contributed by atoms with Crippen molar-refractivity contribution < 1.29 is 9.90 Å². The Morgan fingerprint density at radius 3 is 2.87 bits per heavy atom. The number of hydrogen-bond acceptors (Lipinski definition) is 3. The molecule has 0 saturated carbocycles. The molecule has 0 bridgehead atoms. The van der Waals surface area contributed by atoms with Crippen LogP contribution in [0.25, 0.3) is 0 Å². The monoisotopic (exact) mass is 208 g/mol. The highest BCUT2D eigenvalue weighted by molar-refractivity contribution is 5.93. The van der Waals surface area contributed by atoms with Gasteiger partial charge in [-0.3, -0.25) is 9.78 Å². The normalized spacial score (nSPS) is 12.2. The van der Waals surface area contributed by atoms with Crippen molar-refractivity contribution in [2.24, 2.45) is 0 Å². The molecule has 82 valence electrons. The van der Waals surface area contributed by atoms with Gasteiger partial charge in [-0.2, -0.15) is 0 Å². The van der Waals surface area contributed by atoms with E-state index in [0.717, 1.165) is 5.69 Å². The third-order valence-electron chi connectivity index (χ3n) is 2.14. The smallest absolute Gasteiger partial charge is 0.252 e. The van der Waals surface area contributed by atoms with Crippen LogP contribution in [0.2, 0.25) is 0 Å². The van der Waals surface area contributed by atoms with Crippen LogP contribution in [0.4, 0.5) is 0 Å². The van der Waals surface area contributed by atoms with Gasteiger partial charge in [0.15, 0.2) is 0 Å². The summed E-state index contributed by atoms with van der Waals surface area (Å²) in [5.74, 6) is -0.199. The van der Waals surface area contributed by atoms with Crippen LogP contribution in [-0.2, 0) is 0 Å². The van der Waals surface area contributed by atoms with Gasteiger partial charge < -0.3 is 10.4 Å². The fourth-order valence-corrected chi connectivity index (χ4v) is 1.06. The second-order valence-corrected chi connectivity index (χ2v) is 3.46. The maximum atomic E-state index is 11.5. The van der Waals surface area contributed by atoms with Crippen molar-refractivity contribution in [3.05, 3.63) is 29.6 Å². The van der Waals surface area contributed by atoms with E-state index in [9.17, 15) is 9.90 Å². The summed E-state index contributed by atoms with van der Waals surface area (Å²) < 4.78 is 0. The van der Waals surface area contributed by atoms with Crippen molar-refractivity contribution in [2.45, 2.75) is 26.4 Å². The first kappa shape index (κ1) is 11.7. The molecule has 0 aliphatic heterocycles. The number of aliphatic hydroxyl groups excluding tert-OH is 1. The Kier molecular flexibility index (Phi) is 4.24. The predicted octanol–water partition coefficient (Wildman–Crippen LogP) is 0.891. The Labute approximate surface area is 89.3 Å². The number of aliphatic hydroxyl groups is 1. The summed E-state index contributed by atoms with van der Waals surface area (Å²) in [7, 11) is 0. The minimum atomic E-state index is -0.479. The van der Waals surface area contributed by atoms with E-state index < -0.39 is 6.10 Å². The third-order valence-corrected chi connectivity index (χ3v) is 2.14. The van der Waals surface area contributed by atoms with E-state index in [1.807, 2.05) is 13.8 Å². The lowest BCUT2D eigenvalue weighted by molar-refractivity contribution is 0.0913. The van der Waals surface area contributed by atoms with Crippen LogP contribution < -0.4 is 5.32 Å². The minimum absolute atomic E-state index is 0.199. The van der Waals surface area contributed by atoms with Crippen molar-refractivity contribution in [1.82, 2.24) is 10.3 Å². The van der Waals surface area contributed by atoms with Gasteiger partial charge in [0.25, 0.3) is 5.91 Å². The number of hydrogen-bond donors (Lipinski definition) is 2. The average molecular weight is 208 g/mol. The Morgan fingerprint density at radius 2 is 2.33 bits per heavy atom. The van der Waals surface area contributed by atoms with Gasteiger partial charge in [-0.05, 0) is 25.5 Å². The zero-order valence-electron chi connectivity index (χ0n) is 9.03. The Balaban J connectivity index is 2.50. The lowest BCUT2D eigenvalue weighted by atomic mass is 10.2. The number of aryl methyl sites for hydroxylation is 1. The van der Waals surface area contributed by atoms with E-state index >= 15 is 0 Å². The summed E-state index contributed by atoms with van der Waals surface area (Å²) in [6.07, 6.45) is 1.68. The molecule has 0 fully saturated rings. The summed E-state index contributed by atoms with van der Waals surface area (Å²) in [6.45, 7) is 4.01. The van der Waals surface area contributed by atoms with E-state index in [1.165, 1.54) is 6.20 Å². The molecule has 0 aliphatic rings. The highest BCUT2D eigenvalue weighted by atomic mass is 16.3. The van der Waals surface area contributed by atoms with E-state index in [1.54, 1.807) is 12.1 Å². The highest BCUT2D eigenvalue weighted by Crippen LogP contribution is 1.99. The first-order chi connectivity index (χ1) is 7.13. The zero-order chi connectivity index (χ0) is 11.3. The summed E-state index contributed by atoms with van der Waals surface area (Å²) in [6, 6.07) is 3.50. The van der Waals surface area contributed by atoms with E-state index in [-0.39, 0.29) is 12.5 Å². The van der Waals surface area contributed by atoms with Crippen molar-refractivity contribution in [1.29, 1.82) is 0 Å². The maximum Gasteiger partial charge on any atom is 0.252 e. The number of nitrogens with zero attached hydrogens (tertiary/aromatic N) is 1. The lowest BCUT2D eigenvalue weighted by Crippen LogP contribution is -2.31. The molecule has 1 atom stereocenters. The number of amides is 1. The number of rotatable bonds is 4. The van der Waals surface area contributed by atoms with Crippen molar-refractivity contribution in [2.75, 3.05) is 6.54 Å². The first-order valence-electron chi connectivity index (χ1n) is 5.02. The molecular weight excluding hydrogens is 192 g/mol. The van der Waals surface area contributed by atoms with E-state index in [4.69, 9.17) is 0 Å². The second kappa shape index (κ2) is 5.46. The average Bonchev–Trinajstić information content (AvgIpc) is 2.26. The Morgan fingerprint density at radius 1 is 1.60 bits per heavy atom. The van der Waals surface area contributed by atoms with Gasteiger partial charge in [0.05, 0.1) is 11.7 Å². The topological polar surface area (TPSA) is 62.2 Å². The van der Waals surface area contributed by atoms with E-state index in [0.29, 0.717) is 12.0 Å². The van der Waals surface area contributed by atoms with Gasteiger partial charge in [-0.15, -0.1) is 0 Å². The predicted molar refractivity (Wildman–Crippen MR) is 57.6 cm³/mol. The molecule has 1 aromatic heterocycles. The summed E-state index contributed by atoms with van der Waals surface area (Å²) in [4.78, 5) is 15.5. The van der Waals surface area contributed by atoms with Gasteiger partial charge >= 0.3 is 0 Å². The van der Waals surface area contributed by atoms with Gasteiger partial charge in [0.2, 0.25) is 0 Å². The van der Waals surface area contributed by atoms with Crippen LogP contribution in [0.5, 0.6) is 0 Å². The molecule has 15 heavy (non-hydrogen) atoms. The second-order valence-electron chi connectivity index (χ2n) is 3.46. The van der Waals surface area contributed by atoms with Crippen molar-refractivity contribution >= 4 is 5.91 Å². The molecule has 0 spiro atoms. The lowest BCUT2D eigenvalue weighted by Gasteiger charge is -2.09. The summed E-state index contributed by atoms with van der Waals surface area (Å²) >= 11 is 0. The number of aromatic nitrogens is 1. The molecule has 1 rings (SSSR count). The molecule has 0 radical (unpaired) electrons. The number of carbonyl (C=O) groups is 1. The van der Waals surface area contributed by atoms with Gasteiger partial charge in [-0.25, -0.2) is 0 Å². The molecule has 1 amide bonds. The molecule has 4 nitrogen and oxygen atoms in total. The van der Waals surface area contributed by atoms with Crippen LogP contribution in [0, 0.1) is 6.92 Å². The van der Waals surface area contributed by atoms with Gasteiger partial charge in [-0.1, -0.05) is 6.92 Å². The number of pyridine rings is 1. The molecule has 0 aromatic carbocycles. The van der Waals surface area contributed by atoms with Crippen molar-refractivity contribution in [3.8, 4) is 0 Å². The summed E-state index contributed by atoms with van der Waals surface area (Å²) in [5.41, 5.74) is 1.39. The molecule has 4 heteroatoms. The molecule has 1 unspecified atom stereocenters. The fraction of sp³-hybridized carbons (Fsp3) is 0.455. The fourth-order valence-electron chi connectivity index (χ4n) is 1.06. The SMILES string of the molecule is CCC(O)CNC(=O)c1ccc(C)nc1. The quantitative estimate of drug-likeness (QED) is 0.772. The highest BCUT2D eigenvalue weighted by Gasteiger charge is 2.07. The van der Waals surface area contributed by atoms with Gasteiger partial charge in [0.1, 0.15) is 0 Å². The molecular formula is C11H16N2O2. The molecule has 1 heterocycles. The molecule has 0 saturated heterocycles. The van der Waals surface area contributed by atoms with Gasteiger partial charge in [0, 0.05) is 18.4 Å². The number of nitrogens with one attached hydrogen (secondary N) is 1. The Bertz CT molecular complexity index is 322. The van der Waals surface area contributed by atoms with Crippen LogP contribution in [0.1, 0.15) is 29.4 Å². The van der Waals surface area contributed by atoms with Crippen LogP contribution in [0.15, 0.2) is 18.3 Å². The van der Waals surface area contributed by atoms with Crippen LogP contribution in [0.3, 0.4) is 0 Å². The largest absolute Gasteiger partial charge is 0.391 e. The standard InChI is InChI=1S/C11H16N2O2/c1-3-10(14)7-13-11(15)9-5-4-8(2)12-6-9/h4-6,10,14H,3,7H2,1-2H3,(H,13,15). The number of carbonyl (C=O) groups excluding carboxylic acids is 1. The minimum Gasteiger partial charge on any atom is -0.391 e. The molecule has 2 N–H and O–H groups in total. The van der Waals surface area contributed by atoms with E-state index in [2.05, 4.69) is 10.3 Å². The van der Waals surface area contributed by atoms with Crippen LogP contribution in [-0.4, -0.2) is 28.6 Å².